The molecule has 0 aromatic heterocycles. The van der Waals surface area contributed by atoms with E-state index in [4.69, 9.17) is 0 Å². The zero-order valence-electron chi connectivity index (χ0n) is 14.0. The highest BCUT2D eigenvalue weighted by Crippen LogP contribution is 2.16. The van der Waals surface area contributed by atoms with Crippen molar-refractivity contribution < 1.29 is 14.0 Å². The van der Waals surface area contributed by atoms with E-state index >= 15 is 0 Å². The maximum atomic E-state index is 13.1. The molecule has 0 atom stereocenters. The molecule has 0 saturated carbocycles. The lowest BCUT2D eigenvalue weighted by Gasteiger charge is -2.15. The number of rotatable bonds is 5. The molecular weight excluding hydrogens is 319 g/mol. The SMILES string of the molecule is O=C(CCc1cccc(F)c1)Nc1ccc(C(=O)N2CCCC2)cc1. The van der Waals surface area contributed by atoms with Gasteiger partial charge in [0.1, 0.15) is 5.82 Å². The van der Waals surface area contributed by atoms with Gasteiger partial charge in [-0.25, -0.2) is 4.39 Å². The van der Waals surface area contributed by atoms with Crippen LogP contribution in [0.1, 0.15) is 35.2 Å². The van der Waals surface area contributed by atoms with E-state index < -0.39 is 0 Å². The second kappa shape index (κ2) is 7.92. The van der Waals surface area contributed by atoms with E-state index in [1.165, 1.54) is 12.1 Å². The summed E-state index contributed by atoms with van der Waals surface area (Å²) in [5.41, 5.74) is 2.09. The van der Waals surface area contributed by atoms with Crippen LogP contribution in [0, 0.1) is 5.82 Å². The van der Waals surface area contributed by atoms with Gasteiger partial charge < -0.3 is 10.2 Å². The number of benzene rings is 2. The van der Waals surface area contributed by atoms with E-state index in [-0.39, 0.29) is 24.1 Å². The van der Waals surface area contributed by atoms with Gasteiger partial charge in [0.15, 0.2) is 0 Å². The van der Waals surface area contributed by atoms with E-state index in [1.54, 1.807) is 36.4 Å². The molecule has 1 aliphatic heterocycles. The van der Waals surface area contributed by atoms with E-state index in [0.29, 0.717) is 17.7 Å². The van der Waals surface area contributed by atoms with Crippen LogP contribution < -0.4 is 5.32 Å². The zero-order chi connectivity index (χ0) is 17.6. The summed E-state index contributed by atoms with van der Waals surface area (Å²) in [5.74, 6) is -0.388. The largest absolute Gasteiger partial charge is 0.339 e. The van der Waals surface area contributed by atoms with Gasteiger partial charge in [0, 0.05) is 30.8 Å². The lowest BCUT2D eigenvalue weighted by atomic mass is 10.1. The van der Waals surface area contributed by atoms with E-state index in [9.17, 15) is 14.0 Å². The first kappa shape index (κ1) is 17.1. The standard InChI is InChI=1S/C20H21FN2O2/c21-17-5-3-4-15(14-17)6-11-19(24)22-18-9-7-16(8-10-18)20(25)23-12-1-2-13-23/h3-5,7-10,14H,1-2,6,11-13H2,(H,22,24). The van der Waals surface area contributed by atoms with Crippen LogP contribution in [-0.2, 0) is 11.2 Å². The molecular formula is C20H21FN2O2. The molecule has 1 N–H and O–H groups in total. The molecule has 2 aromatic rings. The third kappa shape index (κ3) is 4.66. The number of halogens is 1. The summed E-state index contributed by atoms with van der Waals surface area (Å²) in [6.07, 6.45) is 2.88. The molecule has 1 aliphatic rings. The molecule has 2 amide bonds. The van der Waals surface area contributed by atoms with Gasteiger partial charge in [0.05, 0.1) is 0 Å². The first-order chi connectivity index (χ1) is 12.1. The Morgan fingerprint density at radius 3 is 2.44 bits per heavy atom. The summed E-state index contributed by atoms with van der Waals surface area (Å²) >= 11 is 0. The van der Waals surface area contributed by atoms with Gasteiger partial charge in [-0.05, 0) is 61.2 Å². The molecule has 0 radical (unpaired) electrons. The van der Waals surface area contributed by atoms with Gasteiger partial charge in [0.25, 0.3) is 5.91 Å². The molecule has 25 heavy (non-hydrogen) atoms. The fourth-order valence-electron chi connectivity index (χ4n) is 2.97. The van der Waals surface area contributed by atoms with Crippen LogP contribution in [0.25, 0.3) is 0 Å². The number of hydrogen-bond donors (Lipinski definition) is 1. The molecule has 0 unspecified atom stereocenters. The fraction of sp³-hybridized carbons (Fsp3) is 0.300. The van der Waals surface area contributed by atoms with Crippen LogP contribution >= 0.6 is 0 Å². The second-order valence-electron chi connectivity index (χ2n) is 6.25. The van der Waals surface area contributed by atoms with Gasteiger partial charge in [-0.15, -0.1) is 0 Å². The monoisotopic (exact) mass is 340 g/mol. The van der Waals surface area contributed by atoms with Crippen molar-refractivity contribution in [1.29, 1.82) is 0 Å². The van der Waals surface area contributed by atoms with Crippen molar-refractivity contribution in [2.75, 3.05) is 18.4 Å². The number of amides is 2. The Kier molecular flexibility index (Phi) is 5.43. The predicted molar refractivity (Wildman–Crippen MR) is 94.9 cm³/mol. The Balaban J connectivity index is 1.52. The van der Waals surface area contributed by atoms with Gasteiger partial charge in [0.2, 0.25) is 5.91 Å². The van der Waals surface area contributed by atoms with Crippen molar-refractivity contribution in [3.8, 4) is 0 Å². The smallest absolute Gasteiger partial charge is 0.253 e. The molecule has 1 fully saturated rings. The topological polar surface area (TPSA) is 49.4 Å². The van der Waals surface area contributed by atoms with Gasteiger partial charge in [-0.3, -0.25) is 9.59 Å². The Morgan fingerprint density at radius 2 is 1.76 bits per heavy atom. The van der Waals surface area contributed by atoms with Crippen LogP contribution in [0.2, 0.25) is 0 Å². The van der Waals surface area contributed by atoms with Crippen LogP contribution in [0.5, 0.6) is 0 Å². The van der Waals surface area contributed by atoms with Crippen molar-refractivity contribution in [1.82, 2.24) is 4.90 Å². The molecule has 5 heteroatoms. The Labute approximate surface area is 146 Å². The molecule has 1 saturated heterocycles. The summed E-state index contributed by atoms with van der Waals surface area (Å²) in [6, 6.07) is 13.2. The Morgan fingerprint density at radius 1 is 1.04 bits per heavy atom. The maximum Gasteiger partial charge on any atom is 0.253 e. The highest BCUT2D eigenvalue weighted by atomic mass is 19.1. The van der Waals surface area contributed by atoms with E-state index in [1.807, 2.05) is 4.90 Å². The minimum absolute atomic E-state index is 0.0430. The van der Waals surface area contributed by atoms with Crippen LogP contribution in [0.15, 0.2) is 48.5 Å². The summed E-state index contributed by atoms with van der Waals surface area (Å²) in [7, 11) is 0. The van der Waals surface area contributed by atoms with Crippen LogP contribution in [0.3, 0.4) is 0 Å². The zero-order valence-corrected chi connectivity index (χ0v) is 14.0. The molecule has 1 heterocycles. The highest BCUT2D eigenvalue weighted by molar-refractivity contribution is 5.96. The molecule has 3 rings (SSSR count). The predicted octanol–water partition coefficient (Wildman–Crippen LogP) is 3.63. The average Bonchev–Trinajstić information content (AvgIpc) is 3.15. The third-order valence-corrected chi connectivity index (χ3v) is 4.34. The summed E-state index contributed by atoms with van der Waals surface area (Å²) in [5, 5.41) is 2.80. The molecule has 0 aliphatic carbocycles. The van der Waals surface area contributed by atoms with Crippen molar-refractivity contribution in [3.05, 3.63) is 65.5 Å². The number of anilines is 1. The maximum absolute atomic E-state index is 13.1. The van der Waals surface area contributed by atoms with Crippen molar-refractivity contribution in [2.45, 2.75) is 25.7 Å². The Hall–Kier alpha value is -2.69. The molecule has 2 aromatic carbocycles. The number of nitrogens with zero attached hydrogens (tertiary/aromatic N) is 1. The van der Waals surface area contributed by atoms with Gasteiger partial charge in [-0.1, -0.05) is 12.1 Å². The number of likely N-dealkylation sites (tertiary alicyclic amines) is 1. The Bertz CT molecular complexity index is 753. The average molecular weight is 340 g/mol. The highest BCUT2D eigenvalue weighted by Gasteiger charge is 2.19. The van der Waals surface area contributed by atoms with Crippen molar-refractivity contribution in [3.63, 3.8) is 0 Å². The van der Waals surface area contributed by atoms with Crippen LogP contribution in [-0.4, -0.2) is 29.8 Å². The first-order valence-electron chi connectivity index (χ1n) is 8.55. The number of nitrogens with one attached hydrogen (secondary N) is 1. The summed E-state index contributed by atoms with van der Waals surface area (Å²) in [4.78, 5) is 26.1. The van der Waals surface area contributed by atoms with Gasteiger partial charge in [-0.2, -0.15) is 0 Å². The molecule has 0 spiro atoms. The number of hydrogen-bond acceptors (Lipinski definition) is 2. The number of aryl methyl sites for hydroxylation is 1. The van der Waals surface area contributed by atoms with Crippen molar-refractivity contribution in [2.24, 2.45) is 0 Å². The third-order valence-electron chi connectivity index (χ3n) is 4.34. The summed E-state index contributed by atoms with van der Waals surface area (Å²) < 4.78 is 13.1. The lowest BCUT2D eigenvalue weighted by molar-refractivity contribution is -0.116. The summed E-state index contributed by atoms with van der Waals surface area (Å²) in [6.45, 7) is 1.63. The number of carbonyl (C=O) groups is 2. The van der Waals surface area contributed by atoms with Crippen LogP contribution in [0.4, 0.5) is 10.1 Å². The minimum Gasteiger partial charge on any atom is -0.339 e. The van der Waals surface area contributed by atoms with Gasteiger partial charge >= 0.3 is 0 Å². The fourth-order valence-corrected chi connectivity index (χ4v) is 2.97. The molecule has 130 valence electrons. The minimum atomic E-state index is -0.295. The molecule has 0 bridgehead atoms. The lowest BCUT2D eigenvalue weighted by Crippen LogP contribution is -2.27. The normalized spacial score (nSPS) is 13.7. The van der Waals surface area contributed by atoms with E-state index in [0.717, 1.165) is 31.5 Å². The molecule has 4 nitrogen and oxygen atoms in total. The number of carbonyl (C=O) groups excluding carboxylic acids is 2. The second-order valence-corrected chi connectivity index (χ2v) is 6.25. The van der Waals surface area contributed by atoms with Crippen molar-refractivity contribution >= 4 is 17.5 Å². The van der Waals surface area contributed by atoms with E-state index in [2.05, 4.69) is 5.32 Å². The quantitative estimate of drug-likeness (QED) is 0.903. The first-order valence-corrected chi connectivity index (χ1v) is 8.55.